The molecule has 0 unspecified atom stereocenters. The summed E-state index contributed by atoms with van der Waals surface area (Å²) in [5, 5.41) is 4.09. The quantitative estimate of drug-likeness (QED) is 0.524. The molecule has 2 aromatic carbocycles. The predicted molar refractivity (Wildman–Crippen MR) is 84.2 cm³/mol. The number of alkyl halides is 1. The summed E-state index contributed by atoms with van der Waals surface area (Å²) >= 11 is 5.88. The number of carbonyl (C=O) groups excluding carboxylic acids is 1. The van der Waals surface area contributed by atoms with E-state index in [9.17, 15) is 4.79 Å². The Labute approximate surface area is 128 Å². The van der Waals surface area contributed by atoms with Crippen LogP contribution in [0.1, 0.15) is 15.9 Å². The molecule has 0 fully saturated rings. The molecule has 108 valence electrons. The summed E-state index contributed by atoms with van der Waals surface area (Å²) in [6.45, 7) is 0. The molecule has 0 aliphatic carbocycles. The van der Waals surface area contributed by atoms with Gasteiger partial charge in [-0.1, -0.05) is 42.5 Å². The van der Waals surface area contributed by atoms with Crippen molar-refractivity contribution in [3.63, 3.8) is 0 Å². The Balaban J connectivity index is 2.17. The van der Waals surface area contributed by atoms with E-state index in [1.165, 1.54) is 7.11 Å². The van der Waals surface area contributed by atoms with Gasteiger partial charge in [-0.25, -0.2) is 5.43 Å². The number of rotatable bonds is 5. The number of hydrogen-bond donors (Lipinski definition) is 1. The number of halogens is 1. The van der Waals surface area contributed by atoms with Crippen molar-refractivity contribution >= 4 is 23.2 Å². The first-order valence-electron chi connectivity index (χ1n) is 6.37. The van der Waals surface area contributed by atoms with Gasteiger partial charge in [-0.05, 0) is 17.7 Å². The first-order chi connectivity index (χ1) is 10.3. The maximum atomic E-state index is 12.1. The van der Waals surface area contributed by atoms with E-state index in [0.717, 1.165) is 5.56 Å². The highest BCUT2D eigenvalue weighted by molar-refractivity contribution is 6.31. The zero-order valence-electron chi connectivity index (χ0n) is 11.5. The molecule has 5 heteroatoms. The van der Waals surface area contributed by atoms with Crippen LogP contribution in [0.4, 0.5) is 0 Å². The van der Waals surface area contributed by atoms with Crippen molar-refractivity contribution in [3.8, 4) is 5.75 Å². The molecule has 0 aliphatic rings. The molecule has 1 N–H and O–H groups in total. The molecule has 2 rings (SSSR count). The lowest BCUT2D eigenvalue weighted by Crippen LogP contribution is -2.21. The third-order valence-corrected chi connectivity index (χ3v) is 3.13. The van der Waals surface area contributed by atoms with E-state index in [4.69, 9.17) is 16.3 Å². The van der Waals surface area contributed by atoms with Crippen LogP contribution >= 0.6 is 11.6 Å². The molecule has 1 amide bonds. The summed E-state index contributed by atoms with van der Waals surface area (Å²) in [7, 11) is 1.52. The maximum Gasteiger partial charge on any atom is 0.275 e. The van der Waals surface area contributed by atoms with E-state index in [1.54, 1.807) is 24.3 Å². The second kappa shape index (κ2) is 7.45. The first-order valence-corrected chi connectivity index (χ1v) is 6.91. The van der Waals surface area contributed by atoms with Crippen LogP contribution in [-0.4, -0.2) is 24.6 Å². The number of hydrazone groups is 1. The highest BCUT2D eigenvalue weighted by atomic mass is 35.5. The smallest absolute Gasteiger partial charge is 0.275 e. The average molecular weight is 303 g/mol. The zero-order valence-corrected chi connectivity index (χ0v) is 12.3. The first kappa shape index (κ1) is 15.1. The van der Waals surface area contributed by atoms with E-state index >= 15 is 0 Å². The minimum absolute atomic E-state index is 0.205. The summed E-state index contributed by atoms with van der Waals surface area (Å²) in [4.78, 5) is 12.1. The van der Waals surface area contributed by atoms with Gasteiger partial charge in [0.2, 0.25) is 0 Å². The van der Waals surface area contributed by atoms with Gasteiger partial charge in [0.25, 0.3) is 5.91 Å². The summed E-state index contributed by atoms with van der Waals surface area (Å²) in [6, 6.07) is 16.4. The molecule has 2 aromatic rings. The topological polar surface area (TPSA) is 50.7 Å². The molecule has 0 spiro atoms. The van der Waals surface area contributed by atoms with Crippen molar-refractivity contribution in [2.75, 3.05) is 13.0 Å². The maximum absolute atomic E-state index is 12.1. The molecule has 0 aliphatic heterocycles. The lowest BCUT2D eigenvalue weighted by molar-refractivity contribution is 0.0952. The summed E-state index contributed by atoms with van der Waals surface area (Å²) in [5.74, 6) is 0.360. The molecule has 0 bridgehead atoms. The van der Waals surface area contributed by atoms with Crippen LogP contribution in [0.15, 0.2) is 59.7 Å². The van der Waals surface area contributed by atoms with Crippen molar-refractivity contribution in [3.05, 3.63) is 65.7 Å². The van der Waals surface area contributed by atoms with E-state index in [-0.39, 0.29) is 11.8 Å². The van der Waals surface area contributed by atoms with E-state index in [0.29, 0.717) is 17.0 Å². The van der Waals surface area contributed by atoms with E-state index in [2.05, 4.69) is 10.5 Å². The molecule has 0 saturated carbocycles. The van der Waals surface area contributed by atoms with Gasteiger partial charge in [0.05, 0.1) is 24.3 Å². The van der Waals surface area contributed by atoms with Crippen molar-refractivity contribution < 1.29 is 9.53 Å². The van der Waals surface area contributed by atoms with Gasteiger partial charge in [-0.3, -0.25) is 4.79 Å². The number of hydrogen-bond acceptors (Lipinski definition) is 3. The molecule has 0 atom stereocenters. The Morgan fingerprint density at radius 2 is 1.81 bits per heavy atom. The van der Waals surface area contributed by atoms with Crippen LogP contribution in [-0.2, 0) is 0 Å². The number of nitrogens with one attached hydrogen (secondary N) is 1. The Bertz CT molecular complexity index is 642. The molecule has 0 heterocycles. The fraction of sp³-hybridized carbons (Fsp3) is 0.125. The SMILES string of the molecule is COc1ccccc1C(=O)N/N=C(\CCl)c1ccccc1. The summed E-state index contributed by atoms with van der Waals surface area (Å²) in [5.41, 5.74) is 4.40. The molecule has 4 nitrogen and oxygen atoms in total. The average Bonchev–Trinajstić information content (AvgIpc) is 2.56. The molecule has 0 aromatic heterocycles. The Kier molecular flexibility index (Phi) is 5.35. The summed E-state index contributed by atoms with van der Waals surface area (Å²) in [6.07, 6.45) is 0. The van der Waals surface area contributed by atoms with Crippen molar-refractivity contribution in [1.82, 2.24) is 5.43 Å². The monoisotopic (exact) mass is 302 g/mol. The predicted octanol–water partition coefficient (Wildman–Crippen LogP) is 3.07. The minimum atomic E-state index is -0.342. The Morgan fingerprint density at radius 1 is 1.14 bits per heavy atom. The number of nitrogens with zero attached hydrogens (tertiary/aromatic N) is 1. The van der Waals surface area contributed by atoms with Gasteiger partial charge in [0.15, 0.2) is 0 Å². The number of para-hydroxylation sites is 1. The number of carbonyl (C=O) groups is 1. The highest BCUT2D eigenvalue weighted by Crippen LogP contribution is 2.16. The van der Waals surface area contributed by atoms with E-state index < -0.39 is 0 Å². The lowest BCUT2D eigenvalue weighted by atomic mass is 10.1. The number of benzene rings is 2. The molecule has 0 saturated heterocycles. The Hall–Kier alpha value is -2.33. The third-order valence-electron chi connectivity index (χ3n) is 2.88. The second-order valence-electron chi connectivity index (χ2n) is 4.20. The summed E-state index contributed by atoms with van der Waals surface area (Å²) < 4.78 is 5.15. The van der Waals surface area contributed by atoms with Crippen LogP contribution in [0, 0.1) is 0 Å². The normalized spacial score (nSPS) is 11.0. The molecule has 21 heavy (non-hydrogen) atoms. The van der Waals surface area contributed by atoms with Crippen LogP contribution in [0.25, 0.3) is 0 Å². The van der Waals surface area contributed by atoms with Gasteiger partial charge in [0.1, 0.15) is 5.75 Å². The van der Waals surface area contributed by atoms with Crippen LogP contribution in [0.5, 0.6) is 5.75 Å². The van der Waals surface area contributed by atoms with Crippen molar-refractivity contribution in [1.29, 1.82) is 0 Å². The third kappa shape index (κ3) is 3.83. The standard InChI is InChI=1S/C16H15ClN2O2/c1-21-15-10-6-5-9-13(15)16(20)19-18-14(11-17)12-7-3-2-4-8-12/h2-10H,11H2,1H3,(H,19,20)/b18-14+. The number of amides is 1. The number of ether oxygens (including phenoxy) is 1. The lowest BCUT2D eigenvalue weighted by Gasteiger charge is -2.07. The fourth-order valence-electron chi connectivity index (χ4n) is 1.81. The highest BCUT2D eigenvalue weighted by Gasteiger charge is 2.11. The largest absolute Gasteiger partial charge is 0.496 e. The Morgan fingerprint density at radius 3 is 2.48 bits per heavy atom. The molecular weight excluding hydrogens is 288 g/mol. The van der Waals surface area contributed by atoms with Gasteiger partial charge >= 0.3 is 0 Å². The van der Waals surface area contributed by atoms with Crippen LogP contribution in [0.2, 0.25) is 0 Å². The molecule has 0 radical (unpaired) electrons. The van der Waals surface area contributed by atoms with Crippen molar-refractivity contribution in [2.45, 2.75) is 0 Å². The van der Waals surface area contributed by atoms with E-state index in [1.807, 2.05) is 30.3 Å². The van der Waals surface area contributed by atoms with Crippen LogP contribution < -0.4 is 10.2 Å². The second-order valence-corrected chi connectivity index (χ2v) is 4.47. The van der Waals surface area contributed by atoms with Gasteiger partial charge in [-0.2, -0.15) is 5.10 Å². The van der Waals surface area contributed by atoms with Crippen LogP contribution in [0.3, 0.4) is 0 Å². The zero-order chi connectivity index (χ0) is 15.1. The minimum Gasteiger partial charge on any atom is -0.496 e. The molecular formula is C16H15ClN2O2. The van der Waals surface area contributed by atoms with Gasteiger partial charge < -0.3 is 4.74 Å². The fourth-order valence-corrected chi connectivity index (χ4v) is 2.03. The van der Waals surface area contributed by atoms with Crippen molar-refractivity contribution in [2.24, 2.45) is 5.10 Å². The number of methoxy groups -OCH3 is 1. The van der Waals surface area contributed by atoms with Gasteiger partial charge in [0, 0.05) is 0 Å². The van der Waals surface area contributed by atoms with Gasteiger partial charge in [-0.15, -0.1) is 11.6 Å².